The van der Waals surface area contributed by atoms with Gasteiger partial charge < -0.3 is 0 Å². The van der Waals surface area contributed by atoms with Crippen LogP contribution in [0.3, 0.4) is 0 Å². The number of pyridine rings is 1. The van der Waals surface area contributed by atoms with Crippen molar-refractivity contribution in [3.63, 3.8) is 0 Å². The van der Waals surface area contributed by atoms with E-state index < -0.39 is 0 Å². The zero-order chi connectivity index (χ0) is 26.3. The molecule has 1 aliphatic carbocycles. The summed E-state index contributed by atoms with van der Waals surface area (Å²) in [5.41, 5.74) is 5.36. The fourth-order valence-electron chi connectivity index (χ4n) is 5.98. The van der Waals surface area contributed by atoms with Crippen molar-refractivity contribution in [3.05, 3.63) is 70.7 Å². The number of nitrogens with zero attached hydrogens (tertiary/aromatic N) is 6. The van der Waals surface area contributed by atoms with Gasteiger partial charge in [-0.1, -0.05) is 76.6 Å². The van der Waals surface area contributed by atoms with Gasteiger partial charge in [0.05, 0.1) is 6.54 Å². The van der Waals surface area contributed by atoms with Crippen LogP contribution in [-0.2, 0) is 13.0 Å². The van der Waals surface area contributed by atoms with Crippen molar-refractivity contribution in [2.75, 3.05) is 0 Å². The summed E-state index contributed by atoms with van der Waals surface area (Å²) in [4.78, 5) is 18.5. The molecule has 0 spiro atoms. The Balaban J connectivity index is 1.49. The normalized spacial score (nSPS) is 18.3. The molecule has 38 heavy (non-hydrogen) atoms. The molecule has 1 fully saturated rings. The number of aryl methyl sites for hydroxylation is 1. The smallest absolute Gasteiger partial charge is 0.296 e. The second kappa shape index (κ2) is 12.3. The van der Waals surface area contributed by atoms with Crippen molar-refractivity contribution in [3.8, 4) is 22.5 Å². The van der Waals surface area contributed by atoms with Crippen LogP contribution in [-0.4, -0.2) is 34.7 Å². The first kappa shape index (κ1) is 26.1. The van der Waals surface area contributed by atoms with Crippen LogP contribution in [0, 0.1) is 5.92 Å². The Morgan fingerprint density at radius 3 is 2.53 bits per heavy atom. The Morgan fingerprint density at radius 1 is 1.00 bits per heavy atom. The van der Waals surface area contributed by atoms with Gasteiger partial charge in [-0.15, -0.1) is 10.2 Å². The molecule has 5 rings (SSSR count). The molecule has 2 atom stereocenters. The first-order valence-corrected chi connectivity index (χ1v) is 14.3. The highest BCUT2D eigenvalue weighted by Crippen LogP contribution is 2.34. The van der Waals surface area contributed by atoms with Gasteiger partial charge in [-0.2, -0.15) is 5.21 Å². The van der Waals surface area contributed by atoms with E-state index in [1.807, 2.05) is 35.2 Å². The number of hydrogen-bond donors (Lipinski definition) is 1. The van der Waals surface area contributed by atoms with Crippen molar-refractivity contribution in [1.82, 2.24) is 34.7 Å². The maximum atomic E-state index is 14.0. The van der Waals surface area contributed by atoms with E-state index in [0.717, 1.165) is 60.1 Å². The van der Waals surface area contributed by atoms with Gasteiger partial charge in [0, 0.05) is 35.9 Å². The van der Waals surface area contributed by atoms with Crippen LogP contribution in [0.25, 0.3) is 22.5 Å². The summed E-state index contributed by atoms with van der Waals surface area (Å²) in [6.07, 6.45) is 17.5. The molecule has 1 aliphatic rings. The molecule has 1 saturated carbocycles. The van der Waals surface area contributed by atoms with Gasteiger partial charge in [0.2, 0.25) is 5.82 Å². The van der Waals surface area contributed by atoms with E-state index in [4.69, 9.17) is 0 Å². The Hall–Kier alpha value is -3.55. The van der Waals surface area contributed by atoms with Crippen molar-refractivity contribution >= 4 is 0 Å². The molecular formula is C30H39N7O. The van der Waals surface area contributed by atoms with Crippen molar-refractivity contribution in [2.24, 2.45) is 5.92 Å². The van der Waals surface area contributed by atoms with E-state index in [-0.39, 0.29) is 5.69 Å². The van der Waals surface area contributed by atoms with Crippen LogP contribution in [0.4, 0.5) is 0 Å². The SMILES string of the molecule is CCCCc1cn(C2CCCCCCC2CC)c(=O)n1Cc1cnccc1-c1ccc(-c2nn[nH]n2)cc1. The Kier molecular flexibility index (Phi) is 8.46. The van der Waals surface area contributed by atoms with Gasteiger partial charge in [-0.25, -0.2) is 4.79 Å². The minimum atomic E-state index is 0.127. The molecule has 8 heteroatoms. The van der Waals surface area contributed by atoms with Gasteiger partial charge >= 0.3 is 5.69 Å². The second-order valence-electron chi connectivity index (χ2n) is 10.6. The van der Waals surface area contributed by atoms with Crippen molar-refractivity contribution in [1.29, 1.82) is 0 Å². The van der Waals surface area contributed by atoms with Crippen LogP contribution in [0.2, 0.25) is 0 Å². The van der Waals surface area contributed by atoms with E-state index in [1.165, 1.54) is 32.1 Å². The highest BCUT2D eigenvalue weighted by atomic mass is 16.1. The molecule has 2 unspecified atom stereocenters. The lowest BCUT2D eigenvalue weighted by Crippen LogP contribution is -2.32. The molecule has 0 aliphatic heterocycles. The molecule has 4 aromatic rings. The van der Waals surface area contributed by atoms with Crippen LogP contribution in [0.5, 0.6) is 0 Å². The Bertz CT molecular complexity index is 1350. The molecule has 200 valence electrons. The molecule has 1 aromatic carbocycles. The highest BCUT2D eigenvalue weighted by molar-refractivity contribution is 5.69. The number of unbranched alkanes of at least 4 members (excludes halogenated alkanes) is 1. The monoisotopic (exact) mass is 513 g/mol. The molecular weight excluding hydrogens is 474 g/mol. The lowest BCUT2D eigenvalue weighted by atomic mass is 9.85. The number of aromatic nitrogens is 7. The van der Waals surface area contributed by atoms with Crippen molar-refractivity contribution < 1.29 is 0 Å². The van der Waals surface area contributed by atoms with Gasteiger partial charge in [-0.05, 0) is 59.6 Å². The zero-order valence-corrected chi connectivity index (χ0v) is 22.6. The molecule has 0 radical (unpaired) electrons. The third-order valence-electron chi connectivity index (χ3n) is 8.16. The van der Waals surface area contributed by atoms with E-state index in [9.17, 15) is 4.79 Å². The maximum absolute atomic E-state index is 14.0. The second-order valence-corrected chi connectivity index (χ2v) is 10.6. The Morgan fingerprint density at radius 2 is 1.79 bits per heavy atom. The van der Waals surface area contributed by atoms with Gasteiger partial charge in [0.15, 0.2) is 0 Å². The standard InChI is InChI=1S/C30H39N7O/c1-3-5-11-26-21-37(28-12-9-7-6-8-10-22(28)4-2)30(38)36(26)20-25-19-31-18-17-27(25)23-13-15-24(16-14-23)29-32-34-35-33-29/h13-19,21-22,28H,3-12,20H2,1-2H3,(H,32,33,34,35). The Labute approximate surface area is 224 Å². The minimum Gasteiger partial charge on any atom is -0.296 e. The molecule has 3 aromatic heterocycles. The lowest BCUT2D eigenvalue weighted by molar-refractivity contribution is 0.249. The number of rotatable bonds is 9. The van der Waals surface area contributed by atoms with Crippen LogP contribution < -0.4 is 5.69 Å². The fourth-order valence-corrected chi connectivity index (χ4v) is 5.98. The number of H-pyrrole nitrogens is 1. The molecule has 3 heterocycles. The molecule has 8 nitrogen and oxygen atoms in total. The summed E-state index contributed by atoms with van der Waals surface area (Å²) < 4.78 is 4.11. The lowest BCUT2D eigenvalue weighted by Gasteiger charge is -2.29. The summed E-state index contributed by atoms with van der Waals surface area (Å²) in [6.45, 7) is 5.01. The largest absolute Gasteiger partial charge is 0.328 e. The van der Waals surface area contributed by atoms with Crippen LogP contribution in [0.15, 0.2) is 53.7 Å². The van der Waals surface area contributed by atoms with E-state index in [2.05, 4.69) is 62.4 Å². The minimum absolute atomic E-state index is 0.127. The van der Waals surface area contributed by atoms with Gasteiger partial charge in [0.1, 0.15) is 0 Å². The van der Waals surface area contributed by atoms with Crippen molar-refractivity contribution in [2.45, 2.75) is 90.6 Å². The summed E-state index contributed by atoms with van der Waals surface area (Å²) in [5, 5.41) is 14.3. The molecule has 1 N–H and O–H groups in total. The summed E-state index contributed by atoms with van der Waals surface area (Å²) in [6, 6.07) is 10.5. The molecule has 0 saturated heterocycles. The zero-order valence-electron chi connectivity index (χ0n) is 22.6. The van der Waals surface area contributed by atoms with E-state index in [0.29, 0.717) is 24.3 Å². The summed E-state index contributed by atoms with van der Waals surface area (Å²) >= 11 is 0. The maximum Gasteiger partial charge on any atom is 0.328 e. The quantitative estimate of drug-likeness (QED) is 0.287. The third kappa shape index (κ3) is 5.64. The summed E-state index contributed by atoms with van der Waals surface area (Å²) in [5.74, 6) is 1.13. The topological polar surface area (TPSA) is 94.3 Å². The van der Waals surface area contributed by atoms with Gasteiger partial charge in [-0.3, -0.25) is 14.1 Å². The molecule has 0 bridgehead atoms. The number of nitrogens with one attached hydrogen (secondary N) is 1. The number of tetrazole rings is 1. The predicted octanol–water partition coefficient (Wildman–Crippen LogP) is 6.20. The fraction of sp³-hybridized carbons (Fsp3) is 0.500. The summed E-state index contributed by atoms with van der Waals surface area (Å²) in [7, 11) is 0. The number of aromatic amines is 1. The number of imidazole rings is 1. The predicted molar refractivity (Wildman–Crippen MR) is 150 cm³/mol. The first-order valence-electron chi connectivity index (χ1n) is 14.3. The van der Waals surface area contributed by atoms with E-state index >= 15 is 0 Å². The van der Waals surface area contributed by atoms with Gasteiger partial charge in [0.25, 0.3) is 0 Å². The number of hydrogen-bond acceptors (Lipinski definition) is 5. The highest BCUT2D eigenvalue weighted by Gasteiger charge is 2.26. The average Bonchev–Trinajstić information content (AvgIpc) is 3.57. The average molecular weight is 514 g/mol. The third-order valence-corrected chi connectivity index (χ3v) is 8.16. The first-order chi connectivity index (χ1) is 18.7. The van der Waals surface area contributed by atoms with E-state index in [1.54, 1.807) is 0 Å². The van der Waals surface area contributed by atoms with Crippen LogP contribution in [0.1, 0.15) is 88.9 Å². The van der Waals surface area contributed by atoms with Crippen LogP contribution >= 0.6 is 0 Å². The molecule has 0 amide bonds. The number of benzene rings is 1.